The molecule has 0 atom stereocenters. The van der Waals surface area contributed by atoms with E-state index in [2.05, 4.69) is 0 Å². The van der Waals surface area contributed by atoms with Gasteiger partial charge in [0.25, 0.3) is 5.91 Å². The van der Waals surface area contributed by atoms with Crippen molar-refractivity contribution in [2.75, 3.05) is 26.2 Å². The predicted octanol–water partition coefficient (Wildman–Crippen LogP) is 2.86. The van der Waals surface area contributed by atoms with Crippen molar-refractivity contribution in [1.82, 2.24) is 9.21 Å². The van der Waals surface area contributed by atoms with E-state index in [1.807, 2.05) is 18.4 Å². The van der Waals surface area contributed by atoms with Gasteiger partial charge in [-0.25, -0.2) is 8.42 Å². The number of aryl methyl sites for hydroxylation is 1. The maximum atomic E-state index is 12.7. The van der Waals surface area contributed by atoms with Gasteiger partial charge >= 0.3 is 0 Å². The van der Waals surface area contributed by atoms with Gasteiger partial charge in [-0.05, 0) is 36.1 Å². The Balaban J connectivity index is 1.71. The van der Waals surface area contributed by atoms with Crippen LogP contribution in [0.5, 0.6) is 0 Å². The summed E-state index contributed by atoms with van der Waals surface area (Å²) in [6, 6.07) is 8.37. The molecule has 1 aromatic carbocycles. The smallest absolute Gasteiger partial charge is 0.264 e. The first kappa shape index (κ1) is 17.4. The molecule has 1 saturated heterocycles. The first-order valence-corrected chi connectivity index (χ1v) is 10.2. The molecule has 5 nitrogen and oxygen atoms in total. The van der Waals surface area contributed by atoms with E-state index in [4.69, 9.17) is 11.6 Å². The molecule has 1 aromatic heterocycles. The number of benzene rings is 1. The minimum Gasteiger partial charge on any atom is -0.335 e. The number of sulfonamides is 1. The van der Waals surface area contributed by atoms with Crippen LogP contribution in [0.3, 0.4) is 0 Å². The summed E-state index contributed by atoms with van der Waals surface area (Å²) in [5.41, 5.74) is 0.835. The Kier molecular flexibility index (Phi) is 4.96. The number of nitrogens with zero attached hydrogens (tertiary/aromatic N) is 2. The van der Waals surface area contributed by atoms with Crippen LogP contribution < -0.4 is 0 Å². The summed E-state index contributed by atoms with van der Waals surface area (Å²) in [4.78, 5) is 14.9. The van der Waals surface area contributed by atoms with Crippen molar-refractivity contribution in [2.24, 2.45) is 0 Å². The third-order valence-electron chi connectivity index (χ3n) is 4.04. The van der Waals surface area contributed by atoms with Crippen molar-refractivity contribution in [3.63, 3.8) is 0 Å². The van der Waals surface area contributed by atoms with E-state index < -0.39 is 10.0 Å². The highest BCUT2D eigenvalue weighted by Crippen LogP contribution is 2.24. The Morgan fingerprint density at radius 2 is 1.88 bits per heavy atom. The lowest BCUT2D eigenvalue weighted by atomic mass is 10.2. The normalized spacial score (nSPS) is 16.3. The molecule has 2 heterocycles. The lowest BCUT2D eigenvalue weighted by Gasteiger charge is -2.33. The van der Waals surface area contributed by atoms with Gasteiger partial charge in [-0.1, -0.05) is 23.7 Å². The Morgan fingerprint density at radius 3 is 2.46 bits per heavy atom. The largest absolute Gasteiger partial charge is 0.335 e. The Labute approximate surface area is 150 Å². The second kappa shape index (κ2) is 6.84. The fraction of sp³-hybridized carbons (Fsp3) is 0.312. The topological polar surface area (TPSA) is 57.7 Å². The van der Waals surface area contributed by atoms with Gasteiger partial charge < -0.3 is 4.90 Å². The number of thiophene rings is 1. The third-order valence-corrected chi connectivity index (χ3v) is 7.20. The molecule has 0 saturated carbocycles. The van der Waals surface area contributed by atoms with Crippen LogP contribution in [0.4, 0.5) is 0 Å². The molecule has 1 aliphatic heterocycles. The van der Waals surface area contributed by atoms with Crippen LogP contribution in [0, 0.1) is 6.92 Å². The summed E-state index contributed by atoms with van der Waals surface area (Å²) in [5.74, 6) is -0.0413. The maximum absolute atomic E-state index is 12.7. The Morgan fingerprint density at radius 1 is 1.17 bits per heavy atom. The van der Waals surface area contributed by atoms with Crippen molar-refractivity contribution in [2.45, 2.75) is 11.8 Å². The predicted molar refractivity (Wildman–Crippen MR) is 95.2 cm³/mol. The van der Waals surface area contributed by atoms with Crippen molar-refractivity contribution in [1.29, 1.82) is 0 Å². The van der Waals surface area contributed by atoms with Crippen LogP contribution in [0.2, 0.25) is 5.02 Å². The molecule has 1 aliphatic rings. The average Bonchev–Trinajstić information content (AvgIpc) is 3.11. The quantitative estimate of drug-likeness (QED) is 0.817. The molecular formula is C16H17ClN2O3S2. The molecule has 3 rings (SSSR count). The van der Waals surface area contributed by atoms with Gasteiger partial charge in [0.15, 0.2) is 0 Å². The minimum atomic E-state index is -3.59. The Bertz CT molecular complexity index is 842. The zero-order valence-corrected chi connectivity index (χ0v) is 15.5. The van der Waals surface area contributed by atoms with Gasteiger partial charge in [0.2, 0.25) is 10.0 Å². The zero-order chi connectivity index (χ0) is 17.3. The van der Waals surface area contributed by atoms with Crippen LogP contribution in [0.1, 0.15) is 15.2 Å². The summed E-state index contributed by atoms with van der Waals surface area (Å²) < 4.78 is 26.9. The average molecular weight is 385 g/mol. The number of amides is 1. The number of hydrogen-bond acceptors (Lipinski definition) is 4. The van der Waals surface area contributed by atoms with Crippen molar-refractivity contribution >= 4 is 38.9 Å². The molecule has 0 aliphatic carbocycles. The number of carbonyl (C=O) groups excluding carboxylic acids is 1. The van der Waals surface area contributed by atoms with Gasteiger partial charge in [-0.15, -0.1) is 11.3 Å². The first-order valence-electron chi connectivity index (χ1n) is 7.48. The molecule has 8 heteroatoms. The lowest BCUT2D eigenvalue weighted by molar-refractivity contribution is 0.0703. The summed E-state index contributed by atoms with van der Waals surface area (Å²) in [5, 5.41) is 2.29. The molecular weight excluding hydrogens is 368 g/mol. The van der Waals surface area contributed by atoms with Crippen LogP contribution in [-0.2, 0) is 10.0 Å². The van der Waals surface area contributed by atoms with Gasteiger partial charge in [-0.3, -0.25) is 4.79 Å². The highest BCUT2D eigenvalue weighted by Gasteiger charge is 2.30. The number of carbonyl (C=O) groups is 1. The SMILES string of the molecule is Cc1ccc(S(=O)(=O)N2CCN(C(=O)c3cccs3)CC2)cc1Cl. The summed E-state index contributed by atoms with van der Waals surface area (Å²) in [7, 11) is -3.59. The highest BCUT2D eigenvalue weighted by atomic mass is 35.5. The third kappa shape index (κ3) is 3.35. The van der Waals surface area contributed by atoms with E-state index in [-0.39, 0.29) is 23.9 Å². The highest BCUT2D eigenvalue weighted by molar-refractivity contribution is 7.89. The van der Waals surface area contributed by atoms with Gasteiger partial charge in [0.05, 0.1) is 9.77 Å². The molecule has 128 valence electrons. The number of piperazine rings is 1. The summed E-state index contributed by atoms with van der Waals surface area (Å²) in [6.07, 6.45) is 0. The van der Waals surface area contributed by atoms with E-state index >= 15 is 0 Å². The summed E-state index contributed by atoms with van der Waals surface area (Å²) in [6.45, 7) is 3.16. The fourth-order valence-electron chi connectivity index (χ4n) is 2.57. The molecule has 0 N–H and O–H groups in total. The minimum absolute atomic E-state index is 0.0413. The fourth-order valence-corrected chi connectivity index (χ4v) is 4.96. The summed E-state index contributed by atoms with van der Waals surface area (Å²) >= 11 is 7.44. The van der Waals surface area contributed by atoms with Gasteiger partial charge in [0.1, 0.15) is 0 Å². The standard InChI is InChI=1S/C16H17ClN2O3S2/c1-12-4-5-13(11-14(12)17)24(21,22)19-8-6-18(7-9-19)16(20)15-3-2-10-23-15/h2-5,10-11H,6-9H2,1H3. The van der Waals surface area contributed by atoms with E-state index in [9.17, 15) is 13.2 Å². The number of rotatable bonds is 3. The van der Waals surface area contributed by atoms with E-state index in [1.165, 1.54) is 21.7 Å². The molecule has 0 bridgehead atoms. The molecule has 0 spiro atoms. The first-order chi connectivity index (χ1) is 11.4. The number of hydrogen-bond donors (Lipinski definition) is 0. The number of halogens is 1. The molecule has 1 fully saturated rings. The molecule has 0 radical (unpaired) electrons. The Hall–Kier alpha value is -1.41. The van der Waals surface area contributed by atoms with Crippen molar-refractivity contribution in [3.8, 4) is 0 Å². The van der Waals surface area contributed by atoms with Crippen LogP contribution in [-0.4, -0.2) is 49.7 Å². The van der Waals surface area contributed by atoms with Crippen LogP contribution >= 0.6 is 22.9 Å². The van der Waals surface area contributed by atoms with Crippen LogP contribution in [0.15, 0.2) is 40.6 Å². The van der Waals surface area contributed by atoms with E-state index in [0.717, 1.165) is 5.56 Å². The van der Waals surface area contributed by atoms with Crippen molar-refractivity contribution < 1.29 is 13.2 Å². The maximum Gasteiger partial charge on any atom is 0.264 e. The lowest BCUT2D eigenvalue weighted by Crippen LogP contribution is -2.50. The van der Waals surface area contributed by atoms with E-state index in [1.54, 1.807) is 23.1 Å². The van der Waals surface area contributed by atoms with Gasteiger partial charge in [0, 0.05) is 31.2 Å². The molecule has 1 amide bonds. The molecule has 2 aromatic rings. The van der Waals surface area contributed by atoms with E-state index in [0.29, 0.717) is 23.0 Å². The van der Waals surface area contributed by atoms with Crippen LogP contribution in [0.25, 0.3) is 0 Å². The molecule has 0 unspecified atom stereocenters. The zero-order valence-electron chi connectivity index (χ0n) is 13.1. The second-order valence-corrected chi connectivity index (χ2v) is 8.88. The molecule has 24 heavy (non-hydrogen) atoms. The van der Waals surface area contributed by atoms with Crippen molar-refractivity contribution in [3.05, 3.63) is 51.2 Å². The second-order valence-electron chi connectivity index (χ2n) is 5.58. The monoisotopic (exact) mass is 384 g/mol. The van der Waals surface area contributed by atoms with Gasteiger partial charge in [-0.2, -0.15) is 4.31 Å².